The summed E-state index contributed by atoms with van der Waals surface area (Å²) < 4.78 is 104. The topological polar surface area (TPSA) is 66.5 Å². The second-order valence-corrected chi connectivity index (χ2v) is 7.99. The maximum atomic E-state index is 13.0. The van der Waals surface area contributed by atoms with Crippen LogP contribution in [0.3, 0.4) is 0 Å². The molecule has 0 aliphatic heterocycles. The van der Waals surface area contributed by atoms with E-state index in [1.807, 2.05) is 5.32 Å². The van der Waals surface area contributed by atoms with Crippen LogP contribution in [0.15, 0.2) is 53.4 Å². The van der Waals surface area contributed by atoms with Crippen LogP contribution in [0, 0.1) is 0 Å². The van der Waals surface area contributed by atoms with Crippen LogP contribution in [0.5, 0.6) is 0 Å². The van der Waals surface area contributed by atoms with E-state index in [2.05, 4.69) is 0 Å². The van der Waals surface area contributed by atoms with E-state index in [4.69, 9.17) is 0 Å². The fraction of sp³-hybridized carbons (Fsp3) is 0.278. The van der Waals surface area contributed by atoms with Gasteiger partial charge in [-0.3, -0.25) is 4.79 Å². The van der Waals surface area contributed by atoms with Crippen molar-refractivity contribution in [2.24, 2.45) is 0 Å². The summed E-state index contributed by atoms with van der Waals surface area (Å²) in [7, 11) is -4.51. The normalized spacial score (nSPS) is 12.8. The first-order valence-corrected chi connectivity index (χ1v) is 9.84. The van der Waals surface area contributed by atoms with Crippen molar-refractivity contribution in [2.45, 2.75) is 24.2 Å². The molecule has 1 amide bonds. The van der Waals surface area contributed by atoms with Gasteiger partial charge in [0, 0.05) is 6.54 Å². The molecule has 2 rings (SSSR count). The standard InChI is InChI=1S/C18H16F6N2O3S/c1-2-26(30(28,29)13-7-5-6-12(10-13)17(19,20)21)11-16(27)25-15-9-4-3-8-14(15)18(22,23)24/h3-10H,2,11H2,1H3,(H,25,27). The Bertz CT molecular complexity index is 1020. The quantitative estimate of drug-likeness (QED) is 0.660. The van der Waals surface area contributed by atoms with E-state index < -0.39 is 56.5 Å². The number of halogens is 6. The molecule has 1 N–H and O–H groups in total. The summed E-state index contributed by atoms with van der Waals surface area (Å²) in [6.45, 7) is 0.149. The van der Waals surface area contributed by atoms with Gasteiger partial charge in [-0.05, 0) is 30.3 Å². The Hall–Kier alpha value is -2.60. The van der Waals surface area contributed by atoms with Gasteiger partial charge in [-0.2, -0.15) is 30.6 Å². The summed E-state index contributed by atoms with van der Waals surface area (Å²) in [5.74, 6) is -1.08. The van der Waals surface area contributed by atoms with E-state index >= 15 is 0 Å². The highest BCUT2D eigenvalue weighted by Crippen LogP contribution is 2.34. The fourth-order valence-corrected chi connectivity index (χ4v) is 3.99. The van der Waals surface area contributed by atoms with Crippen LogP contribution in [-0.2, 0) is 27.2 Å². The van der Waals surface area contributed by atoms with E-state index in [1.54, 1.807) is 0 Å². The number of amides is 1. The van der Waals surface area contributed by atoms with Crippen molar-refractivity contribution in [3.05, 3.63) is 59.7 Å². The average molecular weight is 454 g/mol. The zero-order chi connectivity index (χ0) is 22.7. The minimum atomic E-state index is -4.78. The maximum absolute atomic E-state index is 13.0. The van der Waals surface area contributed by atoms with Gasteiger partial charge in [0.15, 0.2) is 0 Å². The zero-order valence-corrected chi connectivity index (χ0v) is 16.2. The molecule has 0 aliphatic carbocycles. The highest BCUT2D eigenvalue weighted by Gasteiger charge is 2.35. The van der Waals surface area contributed by atoms with Crippen LogP contribution in [-0.4, -0.2) is 31.7 Å². The maximum Gasteiger partial charge on any atom is 0.418 e. The van der Waals surface area contributed by atoms with Crippen molar-refractivity contribution >= 4 is 21.6 Å². The summed E-state index contributed by atoms with van der Waals surface area (Å²) in [6.07, 6.45) is -9.53. The second kappa shape index (κ2) is 8.64. The van der Waals surface area contributed by atoms with Crippen molar-refractivity contribution in [1.29, 1.82) is 0 Å². The molecule has 164 valence electrons. The lowest BCUT2D eigenvalue weighted by molar-refractivity contribution is -0.138. The highest BCUT2D eigenvalue weighted by molar-refractivity contribution is 7.89. The third-order valence-electron chi connectivity index (χ3n) is 3.98. The number of nitrogens with zero attached hydrogens (tertiary/aromatic N) is 1. The number of carbonyl (C=O) groups is 1. The van der Waals surface area contributed by atoms with Crippen LogP contribution in [0.1, 0.15) is 18.1 Å². The van der Waals surface area contributed by atoms with Crippen LogP contribution in [0.4, 0.5) is 32.0 Å². The average Bonchev–Trinajstić information content (AvgIpc) is 2.65. The SMILES string of the molecule is CCN(CC(=O)Nc1ccccc1C(F)(F)F)S(=O)(=O)c1cccc(C(F)(F)F)c1. The molecule has 30 heavy (non-hydrogen) atoms. The molecule has 0 aliphatic rings. The molecule has 5 nitrogen and oxygen atoms in total. The molecule has 0 bridgehead atoms. The summed E-state index contributed by atoms with van der Waals surface area (Å²) in [5, 5.41) is 2.00. The number of rotatable bonds is 6. The van der Waals surface area contributed by atoms with Gasteiger partial charge in [-0.15, -0.1) is 0 Å². The summed E-state index contributed by atoms with van der Waals surface area (Å²) in [4.78, 5) is 11.5. The number of anilines is 1. The van der Waals surface area contributed by atoms with E-state index in [-0.39, 0.29) is 6.54 Å². The molecule has 0 saturated heterocycles. The Morgan fingerprint density at radius 3 is 2.17 bits per heavy atom. The van der Waals surface area contributed by atoms with Gasteiger partial charge in [-0.25, -0.2) is 8.42 Å². The zero-order valence-electron chi connectivity index (χ0n) is 15.4. The molecule has 12 heteroatoms. The highest BCUT2D eigenvalue weighted by atomic mass is 32.2. The number of hydrogen-bond donors (Lipinski definition) is 1. The first kappa shape index (κ1) is 23.7. The summed E-state index contributed by atoms with van der Waals surface area (Å²) in [6, 6.07) is 7.07. The van der Waals surface area contributed by atoms with Gasteiger partial charge in [0.1, 0.15) is 0 Å². The molecule has 0 spiro atoms. The lowest BCUT2D eigenvalue weighted by Crippen LogP contribution is -2.38. The van der Waals surface area contributed by atoms with Gasteiger partial charge in [-0.1, -0.05) is 25.1 Å². The first-order valence-electron chi connectivity index (χ1n) is 8.40. The van der Waals surface area contributed by atoms with Gasteiger partial charge in [0.25, 0.3) is 0 Å². The van der Waals surface area contributed by atoms with Crippen LogP contribution in [0.2, 0.25) is 0 Å². The molecule has 0 atom stereocenters. The molecule has 0 heterocycles. The number of sulfonamides is 1. The van der Waals surface area contributed by atoms with Crippen molar-refractivity contribution in [2.75, 3.05) is 18.4 Å². The van der Waals surface area contributed by atoms with Crippen molar-refractivity contribution < 1.29 is 39.6 Å². The lowest BCUT2D eigenvalue weighted by atomic mass is 10.1. The number of carbonyl (C=O) groups excluding carboxylic acids is 1. The minimum Gasteiger partial charge on any atom is -0.324 e. The largest absolute Gasteiger partial charge is 0.418 e. The molecule has 0 saturated carbocycles. The van der Waals surface area contributed by atoms with Gasteiger partial charge in [0.2, 0.25) is 15.9 Å². The number of nitrogens with one attached hydrogen (secondary N) is 1. The van der Waals surface area contributed by atoms with E-state index in [0.29, 0.717) is 16.4 Å². The van der Waals surface area contributed by atoms with Gasteiger partial charge < -0.3 is 5.32 Å². The number of benzene rings is 2. The molecule has 0 unspecified atom stereocenters. The molecular formula is C18H16F6N2O3S. The molecule has 2 aromatic carbocycles. The second-order valence-electron chi connectivity index (χ2n) is 6.05. The Balaban J connectivity index is 2.26. The minimum absolute atomic E-state index is 0.299. The Morgan fingerprint density at radius 1 is 0.967 bits per heavy atom. The van der Waals surface area contributed by atoms with Crippen LogP contribution >= 0.6 is 0 Å². The molecule has 0 radical (unpaired) electrons. The summed E-state index contributed by atoms with van der Waals surface area (Å²) >= 11 is 0. The van der Waals surface area contributed by atoms with Crippen molar-refractivity contribution in [1.82, 2.24) is 4.31 Å². The number of alkyl halides is 6. The predicted octanol–water partition coefficient (Wildman–Crippen LogP) is 4.37. The van der Waals surface area contributed by atoms with E-state index in [1.165, 1.54) is 13.0 Å². The monoisotopic (exact) mass is 454 g/mol. The third kappa shape index (κ3) is 5.51. The van der Waals surface area contributed by atoms with Crippen molar-refractivity contribution in [3.63, 3.8) is 0 Å². The van der Waals surface area contributed by atoms with Gasteiger partial charge in [0.05, 0.1) is 28.3 Å². The number of para-hydroxylation sites is 1. The first-order chi connectivity index (χ1) is 13.8. The number of likely N-dealkylation sites (N-methyl/N-ethyl adjacent to an activating group) is 1. The van der Waals surface area contributed by atoms with Gasteiger partial charge >= 0.3 is 12.4 Å². The number of hydrogen-bond acceptors (Lipinski definition) is 3. The molecule has 2 aromatic rings. The Morgan fingerprint density at radius 2 is 1.60 bits per heavy atom. The summed E-state index contributed by atoms with van der Waals surface area (Å²) in [5.41, 5.74) is -2.88. The van der Waals surface area contributed by atoms with E-state index in [9.17, 15) is 39.6 Å². The van der Waals surface area contributed by atoms with Crippen LogP contribution < -0.4 is 5.32 Å². The van der Waals surface area contributed by atoms with Crippen molar-refractivity contribution in [3.8, 4) is 0 Å². The molecule has 0 aromatic heterocycles. The van der Waals surface area contributed by atoms with Crippen LogP contribution in [0.25, 0.3) is 0 Å². The Kier molecular flexibility index (Phi) is 6.82. The predicted molar refractivity (Wildman–Crippen MR) is 96.0 cm³/mol. The Labute approximate surface area is 168 Å². The fourth-order valence-electron chi connectivity index (χ4n) is 2.54. The van der Waals surface area contributed by atoms with E-state index in [0.717, 1.165) is 30.3 Å². The molecule has 0 fully saturated rings. The lowest BCUT2D eigenvalue weighted by Gasteiger charge is -2.21. The molecular weight excluding hydrogens is 438 g/mol. The smallest absolute Gasteiger partial charge is 0.324 e. The third-order valence-corrected chi connectivity index (χ3v) is 5.90.